The van der Waals surface area contributed by atoms with Crippen molar-refractivity contribution in [3.8, 4) is 11.3 Å². The molecule has 0 aliphatic heterocycles. The molecule has 0 saturated carbocycles. The highest BCUT2D eigenvalue weighted by Gasteiger charge is 1.98. The standard InChI is InChI=1S/C10H9NO/c1-8-2-4-9(5-3-8)10-6-12-7-11-10/h2-7H,1H3. The van der Waals surface area contributed by atoms with Crippen molar-refractivity contribution in [1.29, 1.82) is 0 Å². The van der Waals surface area contributed by atoms with Gasteiger partial charge in [-0.1, -0.05) is 29.8 Å². The molecule has 0 N–H and O–H groups in total. The van der Waals surface area contributed by atoms with Gasteiger partial charge in [-0.3, -0.25) is 0 Å². The highest BCUT2D eigenvalue weighted by molar-refractivity contribution is 5.57. The molecule has 1 aromatic carbocycles. The molecule has 0 spiro atoms. The summed E-state index contributed by atoms with van der Waals surface area (Å²) in [6, 6.07) is 8.19. The highest BCUT2D eigenvalue weighted by Crippen LogP contribution is 2.16. The predicted molar refractivity (Wildman–Crippen MR) is 46.7 cm³/mol. The van der Waals surface area contributed by atoms with Crippen LogP contribution >= 0.6 is 0 Å². The second-order valence-electron chi connectivity index (χ2n) is 2.74. The number of aryl methyl sites for hydroxylation is 1. The van der Waals surface area contributed by atoms with Crippen molar-refractivity contribution < 1.29 is 4.42 Å². The molecular weight excluding hydrogens is 150 g/mol. The Labute approximate surface area is 70.9 Å². The van der Waals surface area contributed by atoms with E-state index >= 15 is 0 Å². The van der Waals surface area contributed by atoms with E-state index in [-0.39, 0.29) is 0 Å². The van der Waals surface area contributed by atoms with Crippen LogP contribution in [0.2, 0.25) is 0 Å². The molecule has 0 unspecified atom stereocenters. The molecule has 1 heterocycles. The van der Waals surface area contributed by atoms with E-state index < -0.39 is 0 Å². The topological polar surface area (TPSA) is 26.0 Å². The zero-order chi connectivity index (χ0) is 8.39. The van der Waals surface area contributed by atoms with Crippen LogP contribution in [-0.4, -0.2) is 4.98 Å². The van der Waals surface area contributed by atoms with Gasteiger partial charge in [0.25, 0.3) is 0 Å². The third kappa shape index (κ3) is 1.23. The maximum Gasteiger partial charge on any atom is 0.181 e. The molecule has 0 fully saturated rings. The summed E-state index contributed by atoms with van der Waals surface area (Å²) >= 11 is 0. The molecule has 2 aromatic rings. The van der Waals surface area contributed by atoms with Crippen molar-refractivity contribution in [3.63, 3.8) is 0 Å². The van der Waals surface area contributed by atoms with Crippen molar-refractivity contribution in [2.24, 2.45) is 0 Å². The van der Waals surface area contributed by atoms with Gasteiger partial charge >= 0.3 is 0 Å². The second-order valence-corrected chi connectivity index (χ2v) is 2.74. The molecule has 0 atom stereocenters. The average molecular weight is 159 g/mol. The van der Waals surface area contributed by atoms with E-state index in [0.717, 1.165) is 11.3 Å². The minimum Gasteiger partial charge on any atom is -0.451 e. The molecule has 2 nitrogen and oxygen atoms in total. The normalized spacial score (nSPS) is 10.1. The lowest BCUT2D eigenvalue weighted by molar-refractivity contribution is 0.558. The van der Waals surface area contributed by atoms with Crippen LogP contribution in [0.15, 0.2) is 41.3 Å². The Morgan fingerprint density at radius 1 is 1.17 bits per heavy atom. The number of rotatable bonds is 1. The molecule has 0 aliphatic carbocycles. The monoisotopic (exact) mass is 159 g/mol. The number of nitrogens with zero attached hydrogens (tertiary/aromatic N) is 1. The van der Waals surface area contributed by atoms with E-state index in [1.807, 2.05) is 12.1 Å². The van der Waals surface area contributed by atoms with Gasteiger partial charge in [0.1, 0.15) is 12.0 Å². The van der Waals surface area contributed by atoms with Crippen LogP contribution in [0.4, 0.5) is 0 Å². The van der Waals surface area contributed by atoms with Crippen LogP contribution in [0.5, 0.6) is 0 Å². The molecule has 0 bridgehead atoms. The van der Waals surface area contributed by atoms with Gasteiger partial charge in [0.15, 0.2) is 6.39 Å². The van der Waals surface area contributed by atoms with Gasteiger partial charge in [-0.05, 0) is 6.92 Å². The fourth-order valence-electron chi connectivity index (χ4n) is 1.08. The molecule has 0 aliphatic rings. The van der Waals surface area contributed by atoms with Crippen LogP contribution < -0.4 is 0 Å². The molecule has 2 heteroatoms. The Kier molecular flexibility index (Phi) is 1.67. The van der Waals surface area contributed by atoms with E-state index in [4.69, 9.17) is 4.42 Å². The summed E-state index contributed by atoms with van der Waals surface area (Å²) in [7, 11) is 0. The van der Waals surface area contributed by atoms with Gasteiger partial charge in [0.2, 0.25) is 0 Å². The van der Waals surface area contributed by atoms with Gasteiger partial charge in [-0.25, -0.2) is 4.98 Å². The third-order valence-electron chi connectivity index (χ3n) is 1.78. The fourth-order valence-corrected chi connectivity index (χ4v) is 1.08. The highest BCUT2D eigenvalue weighted by atomic mass is 16.3. The van der Waals surface area contributed by atoms with E-state index in [1.165, 1.54) is 12.0 Å². The number of aromatic nitrogens is 1. The molecule has 12 heavy (non-hydrogen) atoms. The Balaban J connectivity index is 2.43. The lowest BCUT2D eigenvalue weighted by atomic mass is 10.1. The zero-order valence-corrected chi connectivity index (χ0v) is 6.82. The first-order valence-electron chi connectivity index (χ1n) is 3.81. The lowest BCUT2D eigenvalue weighted by Gasteiger charge is -1.95. The third-order valence-corrected chi connectivity index (χ3v) is 1.78. The summed E-state index contributed by atoms with van der Waals surface area (Å²) in [4.78, 5) is 4.05. The molecule has 0 saturated heterocycles. The predicted octanol–water partition coefficient (Wildman–Crippen LogP) is 2.65. The molecule has 0 amide bonds. The van der Waals surface area contributed by atoms with Gasteiger partial charge in [0, 0.05) is 5.56 Å². The largest absolute Gasteiger partial charge is 0.451 e. The van der Waals surface area contributed by atoms with Crippen LogP contribution in [0.25, 0.3) is 11.3 Å². The smallest absolute Gasteiger partial charge is 0.181 e. The molecular formula is C10H9NO. The minimum absolute atomic E-state index is 0.884. The van der Waals surface area contributed by atoms with Crippen molar-refractivity contribution in [2.45, 2.75) is 6.92 Å². The summed E-state index contributed by atoms with van der Waals surface area (Å²) in [5.74, 6) is 0. The first-order valence-corrected chi connectivity index (χ1v) is 3.81. The zero-order valence-electron chi connectivity index (χ0n) is 6.82. The number of hydrogen-bond acceptors (Lipinski definition) is 2. The molecule has 1 aromatic heterocycles. The van der Waals surface area contributed by atoms with Gasteiger partial charge < -0.3 is 4.42 Å². The number of oxazole rings is 1. The quantitative estimate of drug-likeness (QED) is 0.639. The summed E-state index contributed by atoms with van der Waals surface area (Å²) in [6.45, 7) is 2.06. The summed E-state index contributed by atoms with van der Waals surface area (Å²) in [5, 5.41) is 0. The second kappa shape index (κ2) is 2.81. The van der Waals surface area contributed by atoms with Crippen LogP contribution in [0, 0.1) is 6.92 Å². The maximum atomic E-state index is 4.89. The van der Waals surface area contributed by atoms with Crippen LogP contribution in [0.3, 0.4) is 0 Å². The SMILES string of the molecule is Cc1ccc(-c2cocn2)cc1. The summed E-state index contributed by atoms with van der Waals surface area (Å²) < 4.78 is 4.89. The van der Waals surface area contributed by atoms with Crippen molar-refractivity contribution in [1.82, 2.24) is 4.98 Å². The van der Waals surface area contributed by atoms with Crippen molar-refractivity contribution >= 4 is 0 Å². The first kappa shape index (κ1) is 7.10. The van der Waals surface area contributed by atoms with Crippen LogP contribution in [-0.2, 0) is 0 Å². The lowest BCUT2D eigenvalue weighted by Crippen LogP contribution is -1.76. The van der Waals surface area contributed by atoms with Crippen molar-refractivity contribution in [3.05, 3.63) is 42.5 Å². The summed E-state index contributed by atoms with van der Waals surface area (Å²) in [5.41, 5.74) is 3.23. The Hall–Kier alpha value is -1.57. The minimum atomic E-state index is 0.884. The Bertz CT molecular complexity index is 348. The van der Waals surface area contributed by atoms with E-state index in [1.54, 1.807) is 6.26 Å². The Morgan fingerprint density at radius 2 is 1.92 bits per heavy atom. The first-order chi connectivity index (χ1) is 5.86. The van der Waals surface area contributed by atoms with E-state index in [9.17, 15) is 0 Å². The molecule has 0 radical (unpaired) electrons. The van der Waals surface area contributed by atoms with Crippen molar-refractivity contribution in [2.75, 3.05) is 0 Å². The number of benzene rings is 1. The van der Waals surface area contributed by atoms with Crippen LogP contribution in [0.1, 0.15) is 5.56 Å². The van der Waals surface area contributed by atoms with Gasteiger partial charge in [-0.2, -0.15) is 0 Å². The Morgan fingerprint density at radius 3 is 2.50 bits per heavy atom. The fraction of sp³-hybridized carbons (Fsp3) is 0.100. The molecule has 2 rings (SSSR count). The van der Waals surface area contributed by atoms with E-state index in [0.29, 0.717) is 0 Å². The molecule has 60 valence electrons. The van der Waals surface area contributed by atoms with Gasteiger partial charge in [0.05, 0.1) is 0 Å². The number of hydrogen-bond donors (Lipinski definition) is 0. The summed E-state index contributed by atoms with van der Waals surface area (Å²) in [6.07, 6.45) is 3.08. The maximum absolute atomic E-state index is 4.89. The van der Waals surface area contributed by atoms with E-state index in [2.05, 4.69) is 24.0 Å². The van der Waals surface area contributed by atoms with Gasteiger partial charge in [-0.15, -0.1) is 0 Å². The average Bonchev–Trinajstić information content (AvgIpc) is 2.58.